The Morgan fingerprint density at radius 2 is 2.10 bits per heavy atom. The molecule has 0 bridgehead atoms. The van der Waals surface area contributed by atoms with Crippen LogP contribution in [-0.2, 0) is 0 Å². The fourth-order valence-corrected chi connectivity index (χ4v) is 4.13. The summed E-state index contributed by atoms with van der Waals surface area (Å²) in [6.07, 6.45) is 0. The zero-order chi connectivity index (χ0) is 15.0. The minimum absolute atomic E-state index is 0.0226. The molecule has 0 saturated heterocycles. The van der Waals surface area contributed by atoms with Crippen molar-refractivity contribution in [2.75, 3.05) is 0 Å². The number of aromatic amines is 1. The third-order valence-corrected chi connectivity index (χ3v) is 5.02. The van der Waals surface area contributed by atoms with Gasteiger partial charge < -0.3 is 10.3 Å². The first-order valence-electron chi connectivity index (χ1n) is 6.87. The monoisotopic (exact) mass is 319 g/mol. The first-order valence-corrected chi connectivity index (χ1v) is 8.63. The minimum Gasteiger partial charge on any atom is -0.309 e. The highest BCUT2D eigenvalue weighted by Crippen LogP contribution is 2.33. The lowest BCUT2D eigenvalue weighted by atomic mass is 10.2. The van der Waals surface area contributed by atoms with E-state index in [-0.39, 0.29) is 11.6 Å². The van der Waals surface area contributed by atoms with Crippen molar-refractivity contribution in [1.29, 1.82) is 0 Å². The summed E-state index contributed by atoms with van der Waals surface area (Å²) < 4.78 is 0. The lowest BCUT2D eigenvalue weighted by Crippen LogP contribution is -2.28. The van der Waals surface area contributed by atoms with Gasteiger partial charge in [0.05, 0.1) is 11.4 Å². The summed E-state index contributed by atoms with van der Waals surface area (Å²) in [6.45, 7) is 6.16. The van der Waals surface area contributed by atoms with Gasteiger partial charge in [0.1, 0.15) is 10.7 Å². The normalized spacial score (nSPS) is 13.1. The molecule has 0 aliphatic carbocycles. The number of hydrogen-bond donors (Lipinski definition) is 2. The maximum Gasteiger partial charge on any atom is 0.260 e. The smallest absolute Gasteiger partial charge is 0.260 e. The number of thiophene rings is 2. The Bertz CT molecular complexity index is 802. The van der Waals surface area contributed by atoms with Crippen LogP contribution in [0.5, 0.6) is 0 Å². The molecule has 0 aliphatic rings. The zero-order valence-electron chi connectivity index (χ0n) is 12.1. The molecule has 0 aliphatic heterocycles. The highest BCUT2D eigenvalue weighted by Gasteiger charge is 2.16. The number of hydrogen-bond acceptors (Lipinski definition) is 5. The fraction of sp³-hybridized carbons (Fsp3) is 0.333. The van der Waals surface area contributed by atoms with Crippen LogP contribution < -0.4 is 10.9 Å². The van der Waals surface area contributed by atoms with Gasteiger partial charge in [0, 0.05) is 21.9 Å². The molecule has 3 aromatic heterocycles. The van der Waals surface area contributed by atoms with Gasteiger partial charge in [-0.3, -0.25) is 4.79 Å². The SMILES string of the molecule is CC(C)N[C@H](C)c1nc2scc(-c3cccs3)c2c(=O)[nH]1. The Labute approximate surface area is 130 Å². The number of rotatable bonds is 4. The van der Waals surface area contributed by atoms with Gasteiger partial charge in [-0.05, 0) is 18.4 Å². The number of nitrogens with zero attached hydrogens (tertiary/aromatic N) is 1. The Hall–Kier alpha value is -1.50. The van der Waals surface area contributed by atoms with Crippen molar-refractivity contribution < 1.29 is 0 Å². The Balaban J connectivity index is 2.09. The van der Waals surface area contributed by atoms with Gasteiger partial charge in [-0.2, -0.15) is 0 Å². The summed E-state index contributed by atoms with van der Waals surface area (Å²) in [5, 5.41) is 8.09. The molecule has 0 spiro atoms. The molecule has 0 unspecified atom stereocenters. The quantitative estimate of drug-likeness (QED) is 0.769. The average molecular weight is 319 g/mol. The molecular weight excluding hydrogens is 302 g/mol. The molecule has 0 aromatic carbocycles. The maximum atomic E-state index is 12.5. The van der Waals surface area contributed by atoms with Gasteiger partial charge in [0.2, 0.25) is 0 Å². The lowest BCUT2D eigenvalue weighted by molar-refractivity contribution is 0.487. The van der Waals surface area contributed by atoms with Gasteiger partial charge >= 0.3 is 0 Å². The first-order chi connectivity index (χ1) is 10.1. The minimum atomic E-state index is -0.0583. The van der Waals surface area contributed by atoms with Crippen LogP contribution in [-0.4, -0.2) is 16.0 Å². The van der Waals surface area contributed by atoms with Crippen LogP contribution in [0.25, 0.3) is 20.7 Å². The molecule has 3 heterocycles. The molecule has 21 heavy (non-hydrogen) atoms. The van der Waals surface area contributed by atoms with Gasteiger partial charge in [0.15, 0.2) is 0 Å². The van der Waals surface area contributed by atoms with Crippen molar-refractivity contribution in [1.82, 2.24) is 15.3 Å². The van der Waals surface area contributed by atoms with Crippen molar-refractivity contribution in [3.63, 3.8) is 0 Å². The number of aromatic nitrogens is 2. The van der Waals surface area contributed by atoms with E-state index in [1.807, 2.05) is 29.8 Å². The summed E-state index contributed by atoms with van der Waals surface area (Å²) in [7, 11) is 0. The largest absolute Gasteiger partial charge is 0.309 e. The average Bonchev–Trinajstić information content (AvgIpc) is 3.05. The van der Waals surface area contributed by atoms with Gasteiger partial charge in [-0.15, -0.1) is 22.7 Å². The van der Waals surface area contributed by atoms with Crippen LogP contribution in [0, 0.1) is 0 Å². The molecule has 110 valence electrons. The van der Waals surface area contributed by atoms with Crippen molar-refractivity contribution in [2.24, 2.45) is 0 Å². The van der Waals surface area contributed by atoms with Crippen LogP contribution in [0.2, 0.25) is 0 Å². The Morgan fingerprint density at radius 1 is 1.29 bits per heavy atom. The van der Waals surface area contributed by atoms with E-state index in [4.69, 9.17) is 0 Å². The van der Waals surface area contributed by atoms with Gasteiger partial charge in [-0.25, -0.2) is 4.98 Å². The predicted molar refractivity (Wildman–Crippen MR) is 90.2 cm³/mol. The molecule has 0 radical (unpaired) electrons. The Kier molecular flexibility index (Phi) is 3.93. The summed E-state index contributed by atoms with van der Waals surface area (Å²) in [5.74, 6) is 0.695. The molecule has 6 heteroatoms. The van der Waals surface area contributed by atoms with E-state index in [1.54, 1.807) is 11.3 Å². The van der Waals surface area contributed by atoms with E-state index in [0.29, 0.717) is 17.3 Å². The van der Waals surface area contributed by atoms with Crippen molar-refractivity contribution in [3.05, 3.63) is 39.1 Å². The third kappa shape index (κ3) is 2.79. The molecule has 4 nitrogen and oxygen atoms in total. The summed E-state index contributed by atoms with van der Waals surface area (Å²) in [4.78, 5) is 21.9. The van der Waals surface area contributed by atoms with Crippen molar-refractivity contribution in [2.45, 2.75) is 32.9 Å². The predicted octanol–water partition coefficient (Wildman–Crippen LogP) is 3.77. The van der Waals surface area contributed by atoms with E-state index in [2.05, 4.69) is 29.1 Å². The van der Waals surface area contributed by atoms with E-state index in [9.17, 15) is 4.79 Å². The molecule has 3 rings (SSSR count). The van der Waals surface area contributed by atoms with Crippen LogP contribution >= 0.6 is 22.7 Å². The molecule has 3 aromatic rings. The summed E-state index contributed by atoms with van der Waals surface area (Å²) in [6, 6.07) is 4.39. The van der Waals surface area contributed by atoms with Crippen molar-refractivity contribution >= 4 is 32.9 Å². The molecule has 1 atom stereocenters. The summed E-state index contributed by atoms with van der Waals surface area (Å²) >= 11 is 3.16. The lowest BCUT2D eigenvalue weighted by Gasteiger charge is -2.15. The third-order valence-electron chi connectivity index (χ3n) is 3.24. The zero-order valence-corrected chi connectivity index (χ0v) is 13.8. The topological polar surface area (TPSA) is 57.8 Å². The van der Waals surface area contributed by atoms with Crippen LogP contribution in [0.3, 0.4) is 0 Å². The molecule has 0 amide bonds. The van der Waals surface area contributed by atoms with Gasteiger partial charge in [-0.1, -0.05) is 19.9 Å². The standard InChI is InChI=1S/C15H17N3OS2/c1-8(2)16-9(3)13-17-14(19)12-10(7-21-15(12)18-13)11-5-4-6-20-11/h4-9,16H,1-3H3,(H,17,18,19)/t9-/m1/s1. The molecular formula is C15H17N3OS2. The molecule has 2 N–H and O–H groups in total. The van der Waals surface area contributed by atoms with Crippen LogP contribution in [0.1, 0.15) is 32.6 Å². The molecule has 0 fully saturated rings. The maximum absolute atomic E-state index is 12.5. The Morgan fingerprint density at radius 3 is 2.76 bits per heavy atom. The van der Waals surface area contributed by atoms with E-state index >= 15 is 0 Å². The number of H-pyrrole nitrogens is 1. The van der Waals surface area contributed by atoms with E-state index in [0.717, 1.165) is 15.3 Å². The highest BCUT2D eigenvalue weighted by molar-refractivity contribution is 7.18. The fourth-order valence-electron chi connectivity index (χ4n) is 2.36. The van der Waals surface area contributed by atoms with Gasteiger partial charge in [0.25, 0.3) is 5.56 Å². The van der Waals surface area contributed by atoms with Crippen LogP contribution in [0.15, 0.2) is 27.7 Å². The number of fused-ring (bicyclic) bond motifs is 1. The number of nitrogens with one attached hydrogen (secondary N) is 2. The highest BCUT2D eigenvalue weighted by atomic mass is 32.1. The summed E-state index contributed by atoms with van der Waals surface area (Å²) in [5.41, 5.74) is 0.923. The van der Waals surface area contributed by atoms with Crippen molar-refractivity contribution in [3.8, 4) is 10.4 Å². The second-order valence-corrected chi connectivity index (χ2v) is 7.11. The second-order valence-electron chi connectivity index (χ2n) is 5.30. The second kappa shape index (κ2) is 5.71. The van der Waals surface area contributed by atoms with E-state index in [1.165, 1.54) is 11.3 Å². The van der Waals surface area contributed by atoms with Crippen LogP contribution in [0.4, 0.5) is 0 Å². The first kappa shape index (κ1) is 14.4. The van der Waals surface area contributed by atoms with E-state index < -0.39 is 0 Å². The molecule has 0 saturated carbocycles.